The van der Waals surface area contributed by atoms with Gasteiger partial charge < -0.3 is 14.8 Å². The molecule has 1 aromatic heterocycles. The molecule has 1 aliphatic carbocycles. The molecule has 0 bridgehead atoms. The van der Waals surface area contributed by atoms with Gasteiger partial charge in [-0.3, -0.25) is 9.79 Å². The monoisotopic (exact) mass is 496 g/mol. The van der Waals surface area contributed by atoms with Gasteiger partial charge in [-0.15, -0.1) is 0 Å². The summed E-state index contributed by atoms with van der Waals surface area (Å²) in [5.41, 5.74) is 1.77. The van der Waals surface area contributed by atoms with Gasteiger partial charge in [-0.05, 0) is 43.7 Å². The maximum atomic E-state index is 13.8. The third kappa shape index (κ3) is 5.79. The summed E-state index contributed by atoms with van der Waals surface area (Å²) in [5, 5.41) is 7.62. The van der Waals surface area contributed by atoms with Crippen molar-refractivity contribution in [2.75, 3.05) is 20.3 Å². The molecule has 7 nitrogen and oxygen atoms in total. The smallest absolute Gasteiger partial charge is 0.203 e. The molecule has 36 heavy (non-hydrogen) atoms. The van der Waals surface area contributed by atoms with Crippen LogP contribution in [-0.2, 0) is 9.47 Å². The summed E-state index contributed by atoms with van der Waals surface area (Å²) in [6.07, 6.45) is 3.57. The minimum Gasteiger partial charge on any atom is -0.491 e. The molecule has 0 amide bonds. The average molecular weight is 497 g/mol. The summed E-state index contributed by atoms with van der Waals surface area (Å²) in [6, 6.07) is 9.08. The van der Waals surface area contributed by atoms with Crippen LogP contribution in [0.25, 0.3) is 5.70 Å². The zero-order chi connectivity index (χ0) is 25.9. The van der Waals surface area contributed by atoms with E-state index in [-0.39, 0.29) is 11.3 Å². The Hall–Kier alpha value is -3.59. The van der Waals surface area contributed by atoms with E-state index in [1.54, 1.807) is 13.3 Å². The Kier molecular flexibility index (Phi) is 7.49. The van der Waals surface area contributed by atoms with E-state index >= 15 is 0 Å². The highest BCUT2D eigenvalue weighted by Crippen LogP contribution is 2.24. The first kappa shape index (κ1) is 25.5. The Morgan fingerprint density at radius 3 is 2.75 bits per heavy atom. The summed E-state index contributed by atoms with van der Waals surface area (Å²) < 4.78 is 39.9. The second-order valence-corrected chi connectivity index (χ2v) is 9.37. The van der Waals surface area contributed by atoms with Crippen LogP contribution < -0.4 is 10.7 Å². The van der Waals surface area contributed by atoms with Crippen LogP contribution in [0, 0.1) is 0 Å². The Morgan fingerprint density at radius 1 is 1.25 bits per heavy atom. The quantitative estimate of drug-likeness (QED) is 0.595. The predicted molar refractivity (Wildman–Crippen MR) is 135 cm³/mol. The van der Waals surface area contributed by atoms with Crippen LogP contribution in [0.1, 0.15) is 43.5 Å². The molecule has 0 saturated heterocycles. The van der Waals surface area contributed by atoms with E-state index in [9.17, 15) is 13.6 Å². The first-order valence-electron chi connectivity index (χ1n) is 11.7. The number of ether oxygens (including phenoxy) is 2. The number of aromatic nitrogens is 2. The minimum absolute atomic E-state index is 0.235. The number of nitrogens with one attached hydrogen (secondary N) is 1. The van der Waals surface area contributed by atoms with Crippen LogP contribution in [0.4, 0.5) is 8.78 Å². The Bertz CT molecular complexity index is 1300. The van der Waals surface area contributed by atoms with Crippen LogP contribution >= 0.6 is 0 Å². The van der Waals surface area contributed by atoms with Crippen molar-refractivity contribution in [1.82, 2.24) is 15.1 Å². The topological polar surface area (TPSA) is 77.7 Å². The van der Waals surface area contributed by atoms with Gasteiger partial charge in [0, 0.05) is 37.1 Å². The summed E-state index contributed by atoms with van der Waals surface area (Å²) in [4.78, 5) is 17.2. The highest BCUT2D eigenvalue weighted by atomic mass is 19.2. The van der Waals surface area contributed by atoms with Gasteiger partial charge in [-0.25, -0.2) is 13.5 Å². The number of benzene rings is 1. The van der Waals surface area contributed by atoms with E-state index in [1.165, 1.54) is 23.0 Å². The van der Waals surface area contributed by atoms with Gasteiger partial charge in [0.2, 0.25) is 5.43 Å². The van der Waals surface area contributed by atoms with E-state index in [0.717, 1.165) is 23.3 Å². The lowest BCUT2D eigenvalue weighted by Gasteiger charge is -2.24. The molecular formula is C27H30F2N4O3. The largest absolute Gasteiger partial charge is 0.491 e. The fraction of sp³-hybridized carbons (Fsp3) is 0.370. The summed E-state index contributed by atoms with van der Waals surface area (Å²) in [6.45, 7) is 6.57. The average Bonchev–Trinajstić information content (AvgIpc) is 2.89. The Balaban J connectivity index is 1.51. The number of halogens is 2. The van der Waals surface area contributed by atoms with Crippen LogP contribution in [0.2, 0.25) is 0 Å². The van der Waals surface area contributed by atoms with Crippen molar-refractivity contribution in [2.24, 2.45) is 4.99 Å². The number of amidine groups is 1. The maximum absolute atomic E-state index is 13.8. The molecule has 2 aliphatic rings. The van der Waals surface area contributed by atoms with E-state index in [2.05, 4.69) is 15.4 Å². The molecule has 1 N–H and O–H groups in total. The highest BCUT2D eigenvalue weighted by molar-refractivity contribution is 6.00. The molecule has 0 saturated carbocycles. The highest BCUT2D eigenvalue weighted by Gasteiger charge is 2.22. The van der Waals surface area contributed by atoms with Crippen LogP contribution in [-0.4, -0.2) is 53.8 Å². The van der Waals surface area contributed by atoms with Crippen molar-refractivity contribution >= 4 is 11.5 Å². The molecule has 3 atom stereocenters. The number of hydrogen-bond acceptors (Lipinski definition) is 6. The Morgan fingerprint density at radius 2 is 2.06 bits per heavy atom. The molecule has 2 heterocycles. The number of alkyl halides is 2. The lowest BCUT2D eigenvalue weighted by Crippen LogP contribution is -2.31. The van der Waals surface area contributed by atoms with Crippen LogP contribution in [0.5, 0.6) is 0 Å². The van der Waals surface area contributed by atoms with Crippen molar-refractivity contribution in [2.45, 2.75) is 44.6 Å². The van der Waals surface area contributed by atoms with Gasteiger partial charge in [0.05, 0.1) is 11.3 Å². The molecular weight excluding hydrogens is 466 g/mol. The lowest BCUT2D eigenvalue weighted by molar-refractivity contribution is -0.0337. The molecule has 0 radical (unpaired) electrons. The molecule has 2 aromatic rings. The number of allylic oxidation sites excluding steroid dienone is 4. The number of hydrogen-bond donors (Lipinski definition) is 1. The van der Waals surface area contributed by atoms with Crippen LogP contribution in [0.15, 0.2) is 76.5 Å². The SMILES string of the molecule is COC(C)(C)COC1=CNC(c2cccc(C(C)c3nn(C4=CC(F)C(F)C=C4)ccc3=O)c2)=NC1. The summed E-state index contributed by atoms with van der Waals surface area (Å²) in [5.74, 6) is 1.05. The van der Waals surface area contributed by atoms with E-state index in [0.29, 0.717) is 36.1 Å². The van der Waals surface area contributed by atoms with Gasteiger partial charge in [0.15, 0.2) is 12.3 Å². The second-order valence-electron chi connectivity index (χ2n) is 9.37. The van der Waals surface area contributed by atoms with Crippen molar-refractivity contribution < 1.29 is 18.3 Å². The maximum Gasteiger partial charge on any atom is 0.203 e. The summed E-state index contributed by atoms with van der Waals surface area (Å²) in [7, 11) is 1.64. The third-order valence-electron chi connectivity index (χ3n) is 6.18. The zero-order valence-corrected chi connectivity index (χ0v) is 20.7. The molecule has 4 rings (SSSR count). The standard InChI is InChI=1S/C27H30F2N4O3/c1-17(25-24(34)10-11-33(32-25)20-8-9-22(28)23(29)13-20)18-6-5-7-19(12-18)26-30-14-21(15-31-26)36-16-27(2,3)35-4/h5-14,17,22-23H,15-16H2,1-4H3,(H,30,31). The zero-order valence-electron chi connectivity index (χ0n) is 20.7. The van der Waals surface area contributed by atoms with Gasteiger partial charge >= 0.3 is 0 Å². The second kappa shape index (κ2) is 10.6. The first-order valence-corrected chi connectivity index (χ1v) is 11.7. The van der Waals surface area contributed by atoms with E-state index < -0.39 is 17.9 Å². The molecule has 0 fully saturated rings. The minimum atomic E-state index is -1.75. The number of aliphatic imine (C=N–C) groups is 1. The molecule has 3 unspecified atom stereocenters. The number of methoxy groups -OCH3 is 1. The molecule has 1 aliphatic heterocycles. The van der Waals surface area contributed by atoms with Gasteiger partial charge in [0.25, 0.3) is 0 Å². The number of rotatable bonds is 8. The van der Waals surface area contributed by atoms with Crippen LogP contribution in [0.3, 0.4) is 0 Å². The molecule has 1 aromatic carbocycles. The van der Waals surface area contributed by atoms with E-state index in [1.807, 2.05) is 45.0 Å². The first-order chi connectivity index (χ1) is 17.2. The Labute approximate surface area is 208 Å². The van der Waals surface area contributed by atoms with Crippen molar-refractivity contribution in [3.8, 4) is 0 Å². The fourth-order valence-electron chi connectivity index (χ4n) is 3.72. The predicted octanol–water partition coefficient (Wildman–Crippen LogP) is 4.11. The normalized spacial score (nSPS) is 20.7. The van der Waals surface area contributed by atoms with Crippen molar-refractivity contribution in [3.63, 3.8) is 0 Å². The number of nitrogens with zero attached hydrogens (tertiary/aromatic N) is 3. The van der Waals surface area contributed by atoms with Crippen molar-refractivity contribution in [1.29, 1.82) is 0 Å². The molecule has 0 spiro atoms. The van der Waals surface area contributed by atoms with Gasteiger partial charge in [0.1, 0.15) is 30.4 Å². The fourth-order valence-corrected chi connectivity index (χ4v) is 3.72. The molecule has 190 valence electrons. The van der Waals surface area contributed by atoms with E-state index in [4.69, 9.17) is 9.47 Å². The summed E-state index contributed by atoms with van der Waals surface area (Å²) >= 11 is 0. The lowest BCUT2D eigenvalue weighted by atomic mass is 9.95. The third-order valence-corrected chi connectivity index (χ3v) is 6.18. The molecule has 9 heteroatoms. The van der Waals surface area contributed by atoms with Crippen molar-refractivity contribution in [3.05, 3.63) is 93.8 Å². The van der Waals surface area contributed by atoms with Gasteiger partial charge in [-0.1, -0.05) is 25.1 Å². The van der Waals surface area contributed by atoms with Gasteiger partial charge in [-0.2, -0.15) is 5.10 Å².